The molecule has 0 spiro atoms. The first-order chi connectivity index (χ1) is 8.09. The summed E-state index contributed by atoms with van der Waals surface area (Å²) in [5.74, 6) is -0.154. The van der Waals surface area contributed by atoms with Crippen molar-refractivity contribution in [3.8, 4) is 0 Å². The summed E-state index contributed by atoms with van der Waals surface area (Å²) in [6, 6.07) is 1.68. The number of carbonyl (C=O) groups is 1. The van der Waals surface area contributed by atoms with Crippen molar-refractivity contribution in [1.82, 2.24) is 15.1 Å². The summed E-state index contributed by atoms with van der Waals surface area (Å²) in [5.41, 5.74) is 6.22. The minimum Gasteiger partial charge on any atom is -0.397 e. The zero-order valence-electron chi connectivity index (χ0n) is 9.69. The summed E-state index contributed by atoms with van der Waals surface area (Å²) in [7, 11) is 0. The molecule has 2 heterocycles. The van der Waals surface area contributed by atoms with Crippen LogP contribution in [0.3, 0.4) is 0 Å². The predicted octanol–water partition coefficient (Wildman–Crippen LogP) is 1.73. The van der Waals surface area contributed by atoms with Crippen molar-refractivity contribution >= 4 is 23.2 Å². The highest BCUT2D eigenvalue weighted by Crippen LogP contribution is 2.21. The van der Waals surface area contributed by atoms with Crippen LogP contribution in [0.1, 0.15) is 36.7 Å². The minimum absolute atomic E-state index is 0.154. The van der Waals surface area contributed by atoms with Crippen molar-refractivity contribution in [3.63, 3.8) is 0 Å². The highest BCUT2D eigenvalue weighted by molar-refractivity contribution is 6.29. The number of rotatable bonds is 1. The third kappa shape index (κ3) is 2.49. The van der Waals surface area contributed by atoms with Gasteiger partial charge in [-0.15, -0.1) is 10.2 Å². The van der Waals surface area contributed by atoms with Gasteiger partial charge in [-0.2, -0.15) is 0 Å². The lowest BCUT2D eigenvalue weighted by molar-refractivity contribution is 0.0629. The Hall–Kier alpha value is -1.36. The molecule has 0 aromatic carbocycles. The van der Waals surface area contributed by atoms with Crippen LogP contribution in [-0.2, 0) is 0 Å². The maximum absolute atomic E-state index is 12.2. The van der Waals surface area contributed by atoms with E-state index in [2.05, 4.69) is 10.2 Å². The van der Waals surface area contributed by atoms with Gasteiger partial charge >= 0.3 is 0 Å². The van der Waals surface area contributed by atoms with Crippen LogP contribution in [-0.4, -0.2) is 33.6 Å². The van der Waals surface area contributed by atoms with Gasteiger partial charge in [-0.3, -0.25) is 4.79 Å². The average Bonchev–Trinajstić information content (AvgIpc) is 2.29. The third-order valence-corrected chi connectivity index (χ3v) is 3.24. The van der Waals surface area contributed by atoms with Gasteiger partial charge in [-0.1, -0.05) is 11.6 Å². The molecule has 2 N–H and O–H groups in total. The maximum atomic E-state index is 12.2. The van der Waals surface area contributed by atoms with Crippen LogP contribution in [0.5, 0.6) is 0 Å². The van der Waals surface area contributed by atoms with Gasteiger partial charge in [-0.25, -0.2) is 0 Å². The van der Waals surface area contributed by atoms with E-state index in [9.17, 15) is 4.79 Å². The lowest BCUT2D eigenvalue weighted by Gasteiger charge is -2.33. The van der Waals surface area contributed by atoms with E-state index >= 15 is 0 Å². The van der Waals surface area contributed by atoms with Crippen LogP contribution in [0.25, 0.3) is 0 Å². The van der Waals surface area contributed by atoms with E-state index in [0.29, 0.717) is 0 Å². The van der Waals surface area contributed by atoms with E-state index in [1.807, 2.05) is 6.92 Å². The van der Waals surface area contributed by atoms with Crippen LogP contribution in [0.2, 0.25) is 5.15 Å². The largest absolute Gasteiger partial charge is 0.397 e. The molecule has 0 aliphatic carbocycles. The summed E-state index contributed by atoms with van der Waals surface area (Å²) in [6.07, 6.45) is 3.20. The number of nitrogen functional groups attached to an aromatic ring is 1. The van der Waals surface area contributed by atoms with Gasteiger partial charge in [0.15, 0.2) is 10.8 Å². The average molecular weight is 255 g/mol. The van der Waals surface area contributed by atoms with Crippen molar-refractivity contribution < 1.29 is 4.79 Å². The van der Waals surface area contributed by atoms with Gasteiger partial charge < -0.3 is 10.6 Å². The molecule has 1 aliphatic rings. The third-order valence-electron chi connectivity index (χ3n) is 3.06. The molecule has 0 saturated carbocycles. The Morgan fingerprint density at radius 1 is 1.53 bits per heavy atom. The number of aromatic nitrogens is 2. The Balaban J connectivity index is 2.24. The van der Waals surface area contributed by atoms with Gasteiger partial charge in [0.25, 0.3) is 5.91 Å². The molecule has 1 aliphatic heterocycles. The maximum Gasteiger partial charge on any atom is 0.276 e. The Morgan fingerprint density at radius 3 is 2.94 bits per heavy atom. The number of anilines is 1. The second-order valence-electron chi connectivity index (χ2n) is 4.31. The number of hydrogen-bond donors (Lipinski definition) is 1. The van der Waals surface area contributed by atoms with E-state index in [0.717, 1.165) is 25.8 Å². The molecule has 1 atom stereocenters. The zero-order valence-corrected chi connectivity index (χ0v) is 10.4. The van der Waals surface area contributed by atoms with E-state index in [4.69, 9.17) is 17.3 Å². The summed E-state index contributed by atoms with van der Waals surface area (Å²) in [4.78, 5) is 14.0. The first kappa shape index (κ1) is 12.1. The molecule has 0 radical (unpaired) electrons. The number of halogens is 1. The number of piperidine rings is 1. The van der Waals surface area contributed by atoms with E-state index in [1.165, 1.54) is 6.07 Å². The topological polar surface area (TPSA) is 72.1 Å². The summed E-state index contributed by atoms with van der Waals surface area (Å²) in [5, 5.41) is 7.66. The molecule has 1 saturated heterocycles. The minimum atomic E-state index is -0.154. The molecule has 1 unspecified atom stereocenters. The lowest BCUT2D eigenvalue weighted by atomic mass is 10.0. The van der Waals surface area contributed by atoms with Crippen LogP contribution in [0.15, 0.2) is 6.07 Å². The molecule has 6 heteroatoms. The monoisotopic (exact) mass is 254 g/mol. The van der Waals surface area contributed by atoms with Crippen molar-refractivity contribution in [1.29, 1.82) is 0 Å². The molecule has 2 rings (SSSR count). The molecular formula is C11H15ClN4O. The number of nitrogens with zero attached hydrogens (tertiary/aromatic N) is 3. The number of carbonyl (C=O) groups excluding carboxylic acids is 1. The second kappa shape index (κ2) is 4.87. The van der Waals surface area contributed by atoms with Crippen molar-refractivity contribution in [2.24, 2.45) is 0 Å². The Labute approximate surface area is 105 Å². The Bertz CT molecular complexity index is 437. The fourth-order valence-corrected chi connectivity index (χ4v) is 2.24. The van der Waals surface area contributed by atoms with Crippen LogP contribution >= 0.6 is 11.6 Å². The van der Waals surface area contributed by atoms with Gasteiger partial charge in [0, 0.05) is 18.7 Å². The van der Waals surface area contributed by atoms with Crippen LogP contribution in [0.4, 0.5) is 5.69 Å². The Kier molecular flexibility index (Phi) is 3.47. The van der Waals surface area contributed by atoms with Crippen LogP contribution in [0, 0.1) is 0 Å². The van der Waals surface area contributed by atoms with Crippen molar-refractivity contribution in [3.05, 3.63) is 16.9 Å². The van der Waals surface area contributed by atoms with Crippen molar-refractivity contribution in [2.45, 2.75) is 32.2 Å². The normalized spacial score (nSPS) is 20.4. The summed E-state index contributed by atoms with van der Waals surface area (Å²) in [6.45, 7) is 2.79. The molecule has 17 heavy (non-hydrogen) atoms. The summed E-state index contributed by atoms with van der Waals surface area (Å²) < 4.78 is 0. The highest BCUT2D eigenvalue weighted by Gasteiger charge is 2.26. The van der Waals surface area contributed by atoms with E-state index in [1.54, 1.807) is 4.90 Å². The number of hydrogen-bond acceptors (Lipinski definition) is 4. The standard InChI is InChI=1S/C11H15ClN4O/c1-7-4-2-3-5-16(7)11(17)10-8(13)6-9(12)14-15-10/h6-7H,2-5H2,1H3,(H2,13,14). The molecule has 1 amide bonds. The first-order valence-corrected chi connectivity index (χ1v) is 6.07. The molecule has 5 nitrogen and oxygen atoms in total. The molecular weight excluding hydrogens is 240 g/mol. The zero-order chi connectivity index (χ0) is 12.4. The van der Waals surface area contributed by atoms with Crippen LogP contribution < -0.4 is 5.73 Å². The van der Waals surface area contributed by atoms with Gasteiger partial charge in [-0.05, 0) is 26.2 Å². The van der Waals surface area contributed by atoms with Gasteiger partial charge in [0.2, 0.25) is 0 Å². The molecule has 1 fully saturated rings. The molecule has 1 aromatic rings. The predicted molar refractivity (Wildman–Crippen MR) is 65.8 cm³/mol. The molecule has 0 bridgehead atoms. The SMILES string of the molecule is CC1CCCCN1C(=O)c1nnc(Cl)cc1N. The fraction of sp³-hybridized carbons (Fsp3) is 0.545. The first-order valence-electron chi connectivity index (χ1n) is 5.69. The lowest BCUT2D eigenvalue weighted by Crippen LogP contribution is -2.42. The van der Waals surface area contributed by atoms with Gasteiger partial charge in [0.05, 0.1) is 5.69 Å². The molecule has 1 aromatic heterocycles. The van der Waals surface area contributed by atoms with E-state index in [-0.39, 0.29) is 28.5 Å². The smallest absolute Gasteiger partial charge is 0.276 e. The highest BCUT2D eigenvalue weighted by atomic mass is 35.5. The number of amides is 1. The Morgan fingerprint density at radius 2 is 2.29 bits per heavy atom. The second-order valence-corrected chi connectivity index (χ2v) is 4.70. The number of likely N-dealkylation sites (tertiary alicyclic amines) is 1. The molecule has 92 valence electrons. The van der Waals surface area contributed by atoms with Gasteiger partial charge in [0.1, 0.15) is 0 Å². The fourth-order valence-electron chi connectivity index (χ4n) is 2.08. The van der Waals surface area contributed by atoms with E-state index < -0.39 is 0 Å². The quantitative estimate of drug-likeness (QED) is 0.828. The van der Waals surface area contributed by atoms with Crippen molar-refractivity contribution in [2.75, 3.05) is 12.3 Å². The summed E-state index contributed by atoms with van der Waals surface area (Å²) >= 11 is 5.66. The number of nitrogens with two attached hydrogens (primary N) is 1.